The average molecular weight is 377 g/mol. The van der Waals surface area contributed by atoms with Gasteiger partial charge in [-0.3, -0.25) is 4.79 Å². The van der Waals surface area contributed by atoms with E-state index in [0.717, 1.165) is 54.4 Å². The highest BCUT2D eigenvalue weighted by Gasteiger charge is 2.55. The lowest BCUT2D eigenvalue weighted by Gasteiger charge is -2.56. The number of hydrogen-bond donors (Lipinski definition) is 0. The monoisotopic (exact) mass is 376 g/mol. The van der Waals surface area contributed by atoms with Crippen LogP contribution in [0.2, 0.25) is 0 Å². The topological polar surface area (TPSA) is 44.1 Å². The molecule has 4 nitrogen and oxygen atoms in total. The third kappa shape index (κ3) is 3.15. The van der Waals surface area contributed by atoms with Gasteiger partial charge in [-0.25, -0.2) is 4.98 Å². The van der Waals surface area contributed by atoms with Gasteiger partial charge in [-0.05, 0) is 77.0 Å². The molecule has 1 aromatic heterocycles. The molecular weight excluding hydrogens is 344 g/mol. The minimum absolute atomic E-state index is 0.0186. The number of aryl methyl sites for hydroxylation is 1. The smallest absolute Gasteiger partial charge is 0.169 e. The predicted molar refractivity (Wildman–Crippen MR) is 105 cm³/mol. The number of nitrogens with zero attached hydrogens (tertiary/aromatic N) is 2. The number of rotatable bonds is 7. The Balaban J connectivity index is 1.51. The molecular formula is C21H32N2O2S. The van der Waals surface area contributed by atoms with E-state index in [0.29, 0.717) is 12.4 Å². The third-order valence-corrected chi connectivity index (χ3v) is 8.24. The molecule has 0 amide bonds. The van der Waals surface area contributed by atoms with Crippen molar-refractivity contribution >= 4 is 17.5 Å². The van der Waals surface area contributed by atoms with Gasteiger partial charge < -0.3 is 9.30 Å². The molecule has 144 valence electrons. The number of thioether (sulfide) groups is 1. The Morgan fingerprint density at radius 2 is 1.81 bits per heavy atom. The average Bonchev–Trinajstić information content (AvgIpc) is 2.84. The minimum Gasteiger partial charge on any atom is -0.383 e. The largest absolute Gasteiger partial charge is 0.383 e. The summed E-state index contributed by atoms with van der Waals surface area (Å²) in [4.78, 5) is 18.3. The number of methoxy groups -OCH3 is 1. The van der Waals surface area contributed by atoms with E-state index in [1.54, 1.807) is 18.9 Å². The molecule has 4 aliphatic rings. The Hall–Kier alpha value is -0.810. The van der Waals surface area contributed by atoms with E-state index in [1.165, 1.54) is 25.0 Å². The summed E-state index contributed by atoms with van der Waals surface area (Å²) in [5.41, 5.74) is 2.21. The van der Waals surface area contributed by atoms with E-state index in [2.05, 4.69) is 18.4 Å². The van der Waals surface area contributed by atoms with E-state index in [-0.39, 0.29) is 10.7 Å². The lowest BCUT2D eigenvalue weighted by Crippen LogP contribution is -2.51. The van der Waals surface area contributed by atoms with Crippen molar-refractivity contribution in [3.05, 3.63) is 11.4 Å². The van der Waals surface area contributed by atoms with Crippen LogP contribution in [0.3, 0.4) is 0 Å². The number of imidazole rings is 1. The standard InChI is InChI=1S/C21H32N2O2S/c1-13-14(2)23(5-6-25-4)20(22-13)26-15(3)19(24)21-10-16-7-17(11-21)9-18(8-16)12-21/h15-18H,5-12H2,1-4H3/t15-,16?,17?,18?,21?/m1/s1. The zero-order chi connectivity index (χ0) is 18.5. The fourth-order valence-electron chi connectivity index (χ4n) is 6.21. The molecule has 0 N–H and O–H groups in total. The van der Waals surface area contributed by atoms with Gasteiger partial charge in [0, 0.05) is 24.8 Å². The van der Waals surface area contributed by atoms with Crippen LogP contribution in [-0.2, 0) is 16.1 Å². The Kier molecular flexibility index (Phi) is 4.98. The van der Waals surface area contributed by atoms with Gasteiger partial charge in [0.15, 0.2) is 10.9 Å². The van der Waals surface area contributed by atoms with Crippen molar-refractivity contribution in [2.24, 2.45) is 23.2 Å². The number of carbonyl (C=O) groups is 1. The molecule has 0 aliphatic heterocycles. The predicted octanol–water partition coefficient (Wildman–Crippen LogP) is 4.41. The van der Waals surface area contributed by atoms with Gasteiger partial charge >= 0.3 is 0 Å². The normalized spacial score (nSPS) is 33.6. The Labute approximate surface area is 161 Å². The number of ketones is 1. The molecule has 0 spiro atoms. The fraction of sp³-hybridized carbons (Fsp3) is 0.810. The van der Waals surface area contributed by atoms with Crippen LogP contribution in [0.15, 0.2) is 5.16 Å². The van der Waals surface area contributed by atoms with Crippen LogP contribution in [0.25, 0.3) is 0 Å². The van der Waals surface area contributed by atoms with Crippen LogP contribution in [0, 0.1) is 37.0 Å². The Morgan fingerprint density at radius 3 is 2.35 bits per heavy atom. The highest BCUT2D eigenvalue weighted by molar-refractivity contribution is 8.00. The highest BCUT2D eigenvalue weighted by atomic mass is 32.2. The van der Waals surface area contributed by atoms with Gasteiger partial charge in [0.1, 0.15) is 0 Å². The molecule has 5 rings (SSSR count). The molecule has 0 unspecified atom stereocenters. The van der Waals surface area contributed by atoms with E-state index in [4.69, 9.17) is 9.72 Å². The zero-order valence-corrected chi connectivity index (χ0v) is 17.4. The summed E-state index contributed by atoms with van der Waals surface area (Å²) in [5.74, 6) is 2.94. The Morgan fingerprint density at radius 1 is 1.23 bits per heavy atom. The summed E-state index contributed by atoms with van der Waals surface area (Å²) in [7, 11) is 1.73. The molecule has 1 atom stereocenters. The van der Waals surface area contributed by atoms with Crippen LogP contribution in [0.1, 0.15) is 56.8 Å². The number of hydrogen-bond acceptors (Lipinski definition) is 4. The summed E-state index contributed by atoms with van der Waals surface area (Å²) < 4.78 is 7.47. The molecule has 4 saturated carbocycles. The maximum atomic E-state index is 13.5. The van der Waals surface area contributed by atoms with E-state index in [9.17, 15) is 4.79 Å². The van der Waals surface area contributed by atoms with Gasteiger partial charge in [-0.2, -0.15) is 0 Å². The molecule has 5 heteroatoms. The fourth-order valence-corrected chi connectivity index (χ4v) is 7.43. The molecule has 4 bridgehead atoms. The molecule has 1 heterocycles. The summed E-state index contributed by atoms with van der Waals surface area (Å²) >= 11 is 1.66. The van der Waals surface area contributed by atoms with Crippen LogP contribution in [0.5, 0.6) is 0 Å². The van der Waals surface area contributed by atoms with Crippen molar-refractivity contribution in [1.82, 2.24) is 9.55 Å². The number of Topliss-reactive ketones (excluding diaryl/α,β-unsaturated/α-hetero) is 1. The van der Waals surface area contributed by atoms with Gasteiger partial charge in [0.2, 0.25) is 0 Å². The first-order valence-electron chi connectivity index (χ1n) is 10.2. The van der Waals surface area contributed by atoms with Crippen molar-refractivity contribution in [3.63, 3.8) is 0 Å². The van der Waals surface area contributed by atoms with E-state index >= 15 is 0 Å². The van der Waals surface area contributed by atoms with Crippen LogP contribution in [0.4, 0.5) is 0 Å². The van der Waals surface area contributed by atoms with E-state index in [1.807, 2.05) is 6.92 Å². The molecule has 1 aromatic rings. The van der Waals surface area contributed by atoms with Crippen molar-refractivity contribution in [2.45, 2.75) is 76.2 Å². The molecule has 4 aliphatic carbocycles. The second-order valence-corrected chi connectivity index (χ2v) is 10.3. The van der Waals surface area contributed by atoms with E-state index < -0.39 is 0 Å². The first-order valence-corrected chi connectivity index (χ1v) is 11.0. The summed E-state index contributed by atoms with van der Waals surface area (Å²) in [6, 6.07) is 0. The van der Waals surface area contributed by atoms with Gasteiger partial charge in [-0.15, -0.1) is 0 Å². The third-order valence-electron chi connectivity index (χ3n) is 7.15. The van der Waals surface area contributed by atoms with Crippen molar-refractivity contribution in [1.29, 1.82) is 0 Å². The number of ether oxygens (including phenoxy) is 1. The molecule has 4 fully saturated rings. The molecule has 0 radical (unpaired) electrons. The van der Waals surface area contributed by atoms with Crippen molar-refractivity contribution < 1.29 is 9.53 Å². The lowest BCUT2D eigenvalue weighted by atomic mass is 9.48. The lowest BCUT2D eigenvalue weighted by molar-refractivity contribution is -0.142. The molecule has 0 aromatic carbocycles. The van der Waals surface area contributed by atoms with Gasteiger partial charge in [-0.1, -0.05) is 11.8 Å². The van der Waals surface area contributed by atoms with Gasteiger partial charge in [0.05, 0.1) is 17.6 Å². The maximum absolute atomic E-state index is 13.5. The van der Waals surface area contributed by atoms with Crippen molar-refractivity contribution in [3.8, 4) is 0 Å². The zero-order valence-electron chi connectivity index (χ0n) is 16.6. The first-order chi connectivity index (χ1) is 12.4. The second-order valence-electron chi connectivity index (χ2n) is 9.03. The molecule has 26 heavy (non-hydrogen) atoms. The van der Waals surface area contributed by atoms with Crippen LogP contribution < -0.4 is 0 Å². The van der Waals surface area contributed by atoms with Crippen LogP contribution in [-0.4, -0.2) is 34.3 Å². The number of carbonyl (C=O) groups excluding carboxylic acids is 1. The summed E-state index contributed by atoms with van der Waals surface area (Å²) in [5, 5.41) is 0.955. The highest BCUT2D eigenvalue weighted by Crippen LogP contribution is 2.61. The second kappa shape index (κ2) is 6.97. The van der Waals surface area contributed by atoms with Crippen molar-refractivity contribution in [2.75, 3.05) is 13.7 Å². The van der Waals surface area contributed by atoms with Gasteiger partial charge in [0.25, 0.3) is 0 Å². The summed E-state index contributed by atoms with van der Waals surface area (Å²) in [6.07, 6.45) is 7.60. The quantitative estimate of drug-likeness (QED) is 0.661. The molecule has 0 saturated heterocycles. The summed E-state index contributed by atoms with van der Waals surface area (Å²) in [6.45, 7) is 7.72. The number of aromatic nitrogens is 2. The van der Waals surface area contributed by atoms with Crippen LogP contribution >= 0.6 is 11.8 Å². The maximum Gasteiger partial charge on any atom is 0.169 e. The minimum atomic E-state index is -0.0197. The Bertz CT molecular complexity index is 661. The first kappa shape index (κ1) is 18.5. The SMILES string of the molecule is COCCn1c(S[C@H](C)C(=O)C23CC4CC(CC(C4)C2)C3)nc(C)c1C.